The van der Waals surface area contributed by atoms with E-state index < -0.39 is 0 Å². The fourth-order valence-corrected chi connectivity index (χ4v) is 10.8. The van der Waals surface area contributed by atoms with Gasteiger partial charge in [-0.05, 0) is 75.6 Å². The summed E-state index contributed by atoms with van der Waals surface area (Å²) in [5.41, 5.74) is 14.2. The molecule has 0 spiro atoms. The zero-order valence-corrected chi connectivity index (χ0v) is 31.5. The highest BCUT2D eigenvalue weighted by molar-refractivity contribution is 6.31. The van der Waals surface area contributed by atoms with E-state index >= 15 is 0 Å². The van der Waals surface area contributed by atoms with Crippen molar-refractivity contribution in [1.29, 1.82) is 0 Å². The minimum absolute atomic E-state index is 0.890. The molecule has 0 atom stereocenters. The van der Waals surface area contributed by atoms with Gasteiger partial charge >= 0.3 is 0 Å². The zero-order chi connectivity index (χ0) is 38.1. The summed E-state index contributed by atoms with van der Waals surface area (Å²) in [6, 6.07) is 64.3. The van der Waals surface area contributed by atoms with E-state index in [1.165, 1.54) is 87.1 Å². The van der Waals surface area contributed by atoms with Crippen LogP contribution >= 0.6 is 0 Å². The SMILES string of the molecule is c1ccc(-n2c3ccccc3c3cc(-c4cc5ccccc5c5c6cccc7c8nc9c(nc8n(c45)c76)c4cccc5c6cc7ccccc7cc6n9c54)ccc32)cc1. The van der Waals surface area contributed by atoms with Gasteiger partial charge in [0.05, 0.1) is 33.1 Å². The summed E-state index contributed by atoms with van der Waals surface area (Å²) in [7, 11) is 0. The minimum atomic E-state index is 0.890. The second-order valence-electron chi connectivity index (χ2n) is 16.1. The van der Waals surface area contributed by atoms with Gasteiger partial charge in [0.25, 0.3) is 0 Å². The molecule has 5 heteroatoms. The van der Waals surface area contributed by atoms with E-state index in [0.717, 1.165) is 49.8 Å². The molecule has 0 saturated carbocycles. The molecule has 0 aliphatic heterocycles. The molecule has 15 aromatic rings. The van der Waals surface area contributed by atoms with Crippen molar-refractivity contribution in [2.24, 2.45) is 0 Å². The van der Waals surface area contributed by atoms with Crippen LogP contribution < -0.4 is 0 Å². The van der Waals surface area contributed by atoms with Crippen LogP contribution in [0, 0.1) is 0 Å². The van der Waals surface area contributed by atoms with Gasteiger partial charge in [0.1, 0.15) is 11.0 Å². The van der Waals surface area contributed by atoms with Crippen LogP contribution in [0.4, 0.5) is 0 Å². The fourth-order valence-electron chi connectivity index (χ4n) is 10.8. The number of aromatic nitrogens is 5. The molecule has 9 aromatic carbocycles. The van der Waals surface area contributed by atoms with Crippen LogP contribution in [0.3, 0.4) is 0 Å². The van der Waals surface area contributed by atoms with Crippen molar-refractivity contribution in [3.8, 4) is 16.8 Å². The largest absolute Gasteiger partial charge is 0.309 e. The van der Waals surface area contributed by atoms with Gasteiger partial charge in [-0.25, -0.2) is 9.97 Å². The highest BCUT2D eigenvalue weighted by Crippen LogP contribution is 2.47. The van der Waals surface area contributed by atoms with Gasteiger partial charge < -0.3 is 4.57 Å². The van der Waals surface area contributed by atoms with Crippen LogP contribution in [0.1, 0.15) is 0 Å². The minimum Gasteiger partial charge on any atom is -0.309 e. The van der Waals surface area contributed by atoms with E-state index in [-0.39, 0.29) is 0 Å². The maximum atomic E-state index is 5.70. The van der Waals surface area contributed by atoms with Gasteiger partial charge in [0.15, 0.2) is 11.3 Å². The molecule has 6 heterocycles. The van der Waals surface area contributed by atoms with Crippen molar-refractivity contribution in [1.82, 2.24) is 23.3 Å². The van der Waals surface area contributed by atoms with Crippen LogP contribution in [0.2, 0.25) is 0 Å². The van der Waals surface area contributed by atoms with Crippen LogP contribution in [0.5, 0.6) is 0 Å². The van der Waals surface area contributed by atoms with E-state index in [1.54, 1.807) is 0 Å². The quantitative estimate of drug-likeness (QED) is 0.177. The van der Waals surface area contributed by atoms with Gasteiger partial charge in [-0.3, -0.25) is 8.80 Å². The Kier molecular flexibility index (Phi) is 5.36. The van der Waals surface area contributed by atoms with Crippen molar-refractivity contribution >= 4 is 120 Å². The standard InChI is InChI=1S/C54H29N5/c1-2-15-34(16-3-1)57-44-23-9-8-18-36(44)42-28-33(24-25-45(42)57)41-27-32-14-6-7-17-35(32)47-38-20-11-22-40-49-54(59(51(38)40)52(41)47)56-48-39-21-10-19-37-43-26-30-12-4-5-13-31(30)29-46(43)58(50(37)39)53(48)55-49/h1-29H. The Bertz CT molecular complexity index is 4300. The molecule has 15 rings (SSSR count). The molecule has 5 nitrogen and oxygen atoms in total. The molecule has 59 heavy (non-hydrogen) atoms. The van der Waals surface area contributed by atoms with Gasteiger partial charge in [-0.15, -0.1) is 0 Å². The monoisotopic (exact) mass is 747 g/mol. The van der Waals surface area contributed by atoms with E-state index in [1.807, 2.05) is 0 Å². The van der Waals surface area contributed by atoms with Crippen LogP contribution in [-0.4, -0.2) is 23.3 Å². The molecule has 270 valence electrons. The average Bonchev–Trinajstić information content (AvgIpc) is 4.08. The van der Waals surface area contributed by atoms with Gasteiger partial charge in [-0.1, -0.05) is 127 Å². The Labute approximate surface area is 334 Å². The van der Waals surface area contributed by atoms with E-state index in [0.29, 0.717) is 0 Å². The lowest BCUT2D eigenvalue weighted by Gasteiger charge is -2.11. The molecule has 0 aliphatic carbocycles. The van der Waals surface area contributed by atoms with Crippen molar-refractivity contribution in [3.05, 3.63) is 176 Å². The molecule has 0 saturated heterocycles. The Morgan fingerprint density at radius 3 is 1.75 bits per heavy atom. The summed E-state index contributed by atoms with van der Waals surface area (Å²) in [6.45, 7) is 0. The highest BCUT2D eigenvalue weighted by atomic mass is 15.1. The number of hydrogen-bond acceptors (Lipinski definition) is 2. The van der Waals surface area contributed by atoms with Gasteiger partial charge in [-0.2, -0.15) is 0 Å². The van der Waals surface area contributed by atoms with Crippen molar-refractivity contribution < 1.29 is 0 Å². The third-order valence-corrected chi connectivity index (χ3v) is 13.2. The first-order valence-electron chi connectivity index (χ1n) is 20.3. The predicted octanol–water partition coefficient (Wildman–Crippen LogP) is 13.8. The van der Waals surface area contributed by atoms with Crippen LogP contribution in [0.25, 0.3) is 137 Å². The lowest BCUT2D eigenvalue weighted by Crippen LogP contribution is -1.93. The van der Waals surface area contributed by atoms with E-state index in [9.17, 15) is 0 Å². The summed E-state index contributed by atoms with van der Waals surface area (Å²) >= 11 is 0. The molecular formula is C54H29N5. The first kappa shape index (κ1) is 30.2. The third-order valence-electron chi connectivity index (χ3n) is 13.2. The smallest absolute Gasteiger partial charge is 0.165 e. The summed E-state index contributed by atoms with van der Waals surface area (Å²) in [5.74, 6) is 0. The number of fused-ring (bicyclic) bond motifs is 18. The van der Waals surface area contributed by atoms with E-state index in [2.05, 4.69) is 189 Å². The summed E-state index contributed by atoms with van der Waals surface area (Å²) < 4.78 is 7.18. The highest BCUT2D eigenvalue weighted by Gasteiger charge is 2.27. The molecular weight excluding hydrogens is 719 g/mol. The van der Waals surface area contributed by atoms with Crippen LogP contribution in [0.15, 0.2) is 176 Å². The van der Waals surface area contributed by atoms with Crippen molar-refractivity contribution in [2.75, 3.05) is 0 Å². The number of rotatable bonds is 2. The third kappa shape index (κ3) is 3.63. The number of benzene rings is 9. The second-order valence-corrected chi connectivity index (χ2v) is 16.1. The lowest BCUT2D eigenvalue weighted by molar-refractivity contribution is 1.18. The lowest BCUT2D eigenvalue weighted by atomic mass is 9.95. The molecule has 0 amide bonds. The van der Waals surface area contributed by atoms with Crippen molar-refractivity contribution in [2.45, 2.75) is 0 Å². The Balaban J connectivity index is 1.10. The van der Waals surface area contributed by atoms with Crippen LogP contribution in [-0.2, 0) is 0 Å². The molecule has 0 fully saturated rings. The van der Waals surface area contributed by atoms with E-state index in [4.69, 9.17) is 9.97 Å². The van der Waals surface area contributed by atoms with Crippen molar-refractivity contribution in [3.63, 3.8) is 0 Å². The summed E-state index contributed by atoms with van der Waals surface area (Å²) in [4.78, 5) is 11.3. The summed E-state index contributed by atoms with van der Waals surface area (Å²) in [6.07, 6.45) is 0. The Morgan fingerprint density at radius 2 is 0.932 bits per heavy atom. The number of nitrogens with zero attached hydrogens (tertiary/aromatic N) is 5. The maximum Gasteiger partial charge on any atom is 0.165 e. The number of para-hydroxylation sites is 4. The molecule has 6 aromatic heterocycles. The molecule has 0 bridgehead atoms. The van der Waals surface area contributed by atoms with Gasteiger partial charge in [0, 0.05) is 54.3 Å². The average molecular weight is 748 g/mol. The normalized spacial score (nSPS) is 12.7. The Morgan fingerprint density at radius 1 is 0.339 bits per heavy atom. The molecule has 0 unspecified atom stereocenters. The van der Waals surface area contributed by atoms with Gasteiger partial charge in [0.2, 0.25) is 0 Å². The topological polar surface area (TPSA) is 39.5 Å². The predicted molar refractivity (Wildman–Crippen MR) is 246 cm³/mol. The number of hydrogen-bond donors (Lipinski definition) is 0. The maximum absolute atomic E-state index is 5.70. The second kappa shape index (κ2) is 10.5. The first-order chi connectivity index (χ1) is 29.3. The molecule has 0 N–H and O–H groups in total. The fraction of sp³-hybridized carbons (Fsp3) is 0. The molecule has 0 radical (unpaired) electrons. The molecule has 0 aliphatic rings. The first-order valence-corrected chi connectivity index (χ1v) is 20.3. The summed E-state index contributed by atoms with van der Waals surface area (Å²) in [5, 5.41) is 14.6. The zero-order valence-electron chi connectivity index (χ0n) is 31.5. The Hall–Kier alpha value is -8.02.